The minimum Gasteiger partial charge on any atom is -0.508 e. The maximum atomic E-state index is 14.2. The Hall–Kier alpha value is -3.55. The van der Waals surface area contributed by atoms with Gasteiger partial charge in [0.25, 0.3) is 0 Å². The Labute approximate surface area is 212 Å². The fourth-order valence-corrected chi connectivity index (χ4v) is 4.90. The normalized spacial score (nSPS) is 16.6. The van der Waals surface area contributed by atoms with Gasteiger partial charge in [-0.2, -0.15) is 0 Å². The molecule has 0 radical (unpaired) electrons. The average Bonchev–Trinajstić information content (AvgIpc) is 3.17. The number of hydrogen-bond acceptors (Lipinski definition) is 5. The van der Waals surface area contributed by atoms with Gasteiger partial charge in [-0.05, 0) is 94.3 Å². The van der Waals surface area contributed by atoms with Gasteiger partial charge in [-0.1, -0.05) is 24.3 Å². The van der Waals surface area contributed by atoms with Gasteiger partial charge in [0.1, 0.15) is 23.4 Å². The highest BCUT2D eigenvalue weighted by molar-refractivity contribution is 5.91. The molecule has 1 aliphatic carbocycles. The molecule has 0 saturated carbocycles. The number of nitrogens with one attached hydrogen (secondary N) is 1. The van der Waals surface area contributed by atoms with Crippen molar-refractivity contribution >= 4 is 17.9 Å². The molecule has 2 aromatic carbocycles. The van der Waals surface area contributed by atoms with E-state index in [4.69, 9.17) is 10.5 Å². The Morgan fingerprint density at radius 1 is 1.17 bits per heavy atom. The number of nitrogens with two attached hydrogens (primary N) is 1. The Kier molecular flexibility index (Phi) is 7.96. The molecule has 2 unspecified atom stereocenters. The Morgan fingerprint density at radius 3 is 2.36 bits per heavy atom. The molecule has 36 heavy (non-hydrogen) atoms. The SMILES string of the molecule is Cc1cc(O)cc(C)c1CC(NC(=O)OC(C)(C)C)C(=O)N(C1CCc2ccccc21)[C@H](C)C(N)=O. The van der Waals surface area contributed by atoms with Crippen LogP contribution in [0, 0.1) is 13.8 Å². The number of primary amides is 1. The van der Waals surface area contributed by atoms with Gasteiger partial charge in [0.2, 0.25) is 11.8 Å². The summed E-state index contributed by atoms with van der Waals surface area (Å²) in [7, 11) is 0. The van der Waals surface area contributed by atoms with Crippen molar-refractivity contribution in [2.24, 2.45) is 5.73 Å². The van der Waals surface area contributed by atoms with Crippen LogP contribution in [0.25, 0.3) is 0 Å². The lowest BCUT2D eigenvalue weighted by Gasteiger charge is -2.37. The molecule has 0 saturated heterocycles. The number of hydrogen-bond donors (Lipinski definition) is 3. The van der Waals surface area contributed by atoms with Gasteiger partial charge in [0, 0.05) is 6.42 Å². The summed E-state index contributed by atoms with van der Waals surface area (Å²) in [4.78, 5) is 40.8. The van der Waals surface area contributed by atoms with E-state index in [0.717, 1.165) is 34.2 Å². The second-order valence-electron chi connectivity index (χ2n) is 10.5. The van der Waals surface area contributed by atoms with Gasteiger partial charge in [-0.15, -0.1) is 0 Å². The number of phenolic OH excluding ortho intramolecular Hbond substituents is 1. The maximum Gasteiger partial charge on any atom is 0.408 e. The summed E-state index contributed by atoms with van der Waals surface area (Å²) in [6.07, 6.45) is 0.857. The van der Waals surface area contributed by atoms with Gasteiger partial charge >= 0.3 is 6.09 Å². The second-order valence-corrected chi connectivity index (χ2v) is 10.5. The number of phenols is 1. The van der Waals surface area contributed by atoms with E-state index in [2.05, 4.69) is 5.32 Å². The molecule has 1 aliphatic rings. The first-order valence-electron chi connectivity index (χ1n) is 12.3. The number of carbonyl (C=O) groups excluding carboxylic acids is 3. The van der Waals surface area contributed by atoms with E-state index in [-0.39, 0.29) is 18.2 Å². The summed E-state index contributed by atoms with van der Waals surface area (Å²) < 4.78 is 5.45. The predicted octanol–water partition coefficient (Wildman–Crippen LogP) is 3.83. The third-order valence-corrected chi connectivity index (χ3v) is 6.60. The average molecular weight is 496 g/mol. The minimum atomic E-state index is -1.02. The van der Waals surface area contributed by atoms with Crippen LogP contribution in [0.4, 0.5) is 4.79 Å². The number of fused-ring (bicyclic) bond motifs is 1. The van der Waals surface area contributed by atoms with Crippen molar-refractivity contribution in [3.05, 3.63) is 64.2 Å². The minimum absolute atomic E-state index is 0.128. The van der Waals surface area contributed by atoms with E-state index in [1.807, 2.05) is 38.1 Å². The summed E-state index contributed by atoms with van der Waals surface area (Å²) in [5.74, 6) is -0.912. The number of benzene rings is 2. The van der Waals surface area contributed by atoms with Crippen molar-refractivity contribution in [3.63, 3.8) is 0 Å². The van der Waals surface area contributed by atoms with E-state index >= 15 is 0 Å². The lowest BCUT2D eigenvalue weighted by molar-refractivity contribution is -0.143. The van der Waals surface area contributed by atoms with Crippen LogP contribution in [0.3, 0.4) is 0 Å². The van der Waals surface area contributed by atoms with E-state index in [0.29, 0.717) is 6.42 Å². The summed E-state index contributed by atoms with van der Waals surface area (Å²) in [6.45, 7) is 10.5. The molecule has 8 nitrogen and oxygen atoms in total. The van der Waals surface area contributed by atoms with E-state index < -0.39 is 35.6 Å². The zero-order valence-electron chi connectivity index (χ0n) is 21.9. The highest BCUT2D eigenvalue weighted by atomic mass is 16.6. The second kappa shape index (κ2) is 10.6. The van der Waals surface area contributed by atoms with E-state index in [1.165, 1.54) is 4.90 Å². The molecule has 4 N–H and O–H groups in total. The number of alkyl carbamates (subject to hydrolysis) is 1. The topological polar surface area (TPSA) is 122 Å². The number of aryl methyl sites for hydroxylation is 3. The molecular weight excluding hydrogens is 458 g/mol. The van der Waals surface area contributed by atoms with Crippen molar-refractivity contribution < 1.29 is 24.2 Å². The monoisotopic (exact) mass is 495 g/mol. The van der Waals surface area contributed by atoms with Crippen LogP contribution in [0.1, 0.15) is 68.0 Å². The fourth-order valence-electron chi connectivity index (χ4n) is 4.90. The predicted molar refractivity (Wildman–Crippen MR) is 137 cm³/mol. The van der Waals surface area contributed by atoms with Crippen molar-refractivity contribution in [3.8, 4) is 5.75 Å². The van der Waals surface area contributed by atoms with Gasteiger partial charge in [0.15, 0.2) is 0 Å². The van der Waals surface area contributed by atoms with Crippen LogP contribution in [-0.4, -0.2) is 45.6 Å². The summed E-state index contributed by atoms with van der Waals surface area (Å²) in [6, 6.07) is 8.83. The fraction of sp³-hybridized carbons (Fsp3) is 0.464. The van der Waals surface area contributed by atoms with Gasteiger partial charge in [0.05, 0.1) is 6.04 Å². The van der Waals surface area contributed by atoms with Crippen LogP contribution in [-0.2, 0) is 27.2 Å². The number of carbonyl (C=O) groups is 3. The zero-order valence-corrected chi connectivity index (χ0v) is 21.9. The number of rotatable bonds is 7. The Balaban J connectivity index is 2.03. The van der Waals surface area contributed by atoms with Crippen LogP contribution in [0.5, 0.6) is 5.75 Å². The van der Waals surface area contributed by atoms with Gasteiger partial charge in [-0.3, -0.25) is 9.59 Å². The Morgan fingerprint density at radius 2 is 1.78 bits per heavy atom. The molecule has 3 amide bonds. The first-order valence-corrected chi connectivity index (χ1v) is 12.3. The smallest absolute Gasteiger partial charge is 0.408 e. The third kappa shape index (κ3) is 6.17. The number of amides is 3. The quantitative estimate of drug-likeness (QED) is 0.539. The number of nitrogens with zero attached hydrogens (tertiary/aromatic N) is 1. The van der Waals surface area contributed by atoms with Crippen LogP contribution in [0.2, 0.25) is 0 Å². The van der Waals surface area contributed by atoms with Crippen LogP contribution in [0.15, 0.2) is 36.4 Å². The maximum absolute atomic E-state index is 14.2. The largest absolute Gasteiger partial charge is 0.508 e. The molecule has 0 spiro atoms. The first-order chi connectivity index (χ1) is 16.8. The summed E-state index contributed by atoms with van der Waals surface area (Å²) >= 11 is 0. The summed E-state index contributed by atoms with van der Waals surface area (Å²) in [5.41, 5.74) is 9.43. The molecule has 0 aromatic heterocycles. The van der Waals surface area contributed by atoms with Crippen molar-refractivity contribution in [1.82, 2.24) is 10.2 Å². The van der Waals surface area contributed by atoms with Crippen LogP contribution < -0.4 is 11.1 Å². The number of aromatic hydroxyl groups is 1. The van der Waals surface area contributed by atoms with E-state index in [1.54, 1.807) is 39.8 Å². The lowest BCUT2D eigenvalue weighted by atomic mass is 9.94. The van der Waals surface area contributed by atoms with Crippen molar-refractivity contribution in [2.75, 3.05) is 0 Å². The van der Waals surface area contributed by atoms with E-state index in [9.17, 15) is 19.5 Å². The molecule has 2 aromatic rings. The molecular formula is C28H37N3O5. The molecule has 0 aliphatic heterocycles. The third-order valence-electron chi connectivity index (χ3n) is 6.60. The standard InChI is InChI=1S/C28H37N3O5/c1-16-13-20(32)14-17(2)22(16)15-23(30-27(35)36-28(4,5)6)26(34)31(18(3)25(29)33)24-12-11-19-9-7-8-10-21(19)24/h7-10,13-14,18,23-24,32H,11-12,15H2,1-6H3,(H2,29,33)(H,30,35)/t18-,23?,24?/m1/s1. The highest BCUT2D eigenvalue weighted by Gasteiger charge is 2.40. The molecule has 8 heteroatoms. The summed E-state index contributed by atoms with van der Waals surface area (Å²) in [5, 5.41) is 12.7. The lowest BCUT2D eigenvalue weighted by Crippen LogP contribution is -2.56. The molecule has 0 fully saturated rings. The first kappa shape index (κ1) is 27.0. The molecule has 0 bridgehead atoms. The van der Waals surface area contributed by atoms with Crippen molar-refractivity contribution in [1.29, 1.82) is 0 Å². The molecule has 0 heterocycles. The molecule has 194 valence electrons. The van der Waals surface area contributed by atoms with Crippen molar-refractivity contribution in [2.45, 2.75) is 84.5 Å². The Bertz CT molecular complexity index is 1130. The van der Waals surface area contributed by atoms with Gasteiger partial charge in [-0.25, -0.2) is 4.79 Å². The molecule has 3 rings (SSSR count). The zero-order chi connectivity index (χ0) is 26.8. The number of ether oxygens (including phenoxy) is 1. The highest BCUT2D eigenvalue weighted by Crippen LogP contribution is 2.37. The van der Waals surface area contributed by atoms with Gasteiger partial charge < -0.3 is 25.8 Å². The molecule has 3 atom stereocenters. The van der Waals surface area contributed by atoms with Crippen LogP contribution >= 0.6 is 0 Å².